The summed E-state index contributed by atoms with van der Waals surface area (Å²) in [5.74, 6) is -0.278. The Labute approximate surface area is 217 Å². The van der Waals surface area contributed by atoms with Crippen LogP contribution in [0.1, 0.15) is 66.8 Å². The predicted molar refractivity (Wildman–Crippen MR) is 143 cm³/mol. The summed E-state index contributed by atoms with van der Waals surface area (Å²) in [5, 5.41) is 2.75. The van der Waals surface area contributed by atoms with Crippen LogP contribution >= 0.6 is 11.3 Å². The third kappa shape index (κ3) is 6.99. The van der Waals surface area contributed by atoms with Crippen molar-refractivity contribution >= 4 is 17.2 Å². The van der Waals surface area contributed by atoms with Crippen molar-refractivity contribution in [3.63, 3.8) is 0 Å². The Kier molecular flexibility index (Phi) is 8.23. The van der Waals surface area contributed by atoms with E-state index in [2.05, 4.69) is 49.9 Å². The van der Waals surface area contributed by atoms with Crippen molar-refractivity contribution < 1.29 is 13.9 Å². The number of hydrogen-bond donors (Lipinski definition) is 0. The van der Waals surface area contributed by atoms with E-state index in [1.807, 2.05) is 36.3 Å². The molecule has 1 aliphatic rings. The average Bonchev–Trinajstić information content (AvgIpc) is 3.27. The minimum absolute atomic E-state index is 0.0201. The quantitative estimate of drug-likeness (QED) is 0.390. The number of benzene rings is 2. The van der Waals surface area contributed by atoms with Crippen molar-refractivity contribution in [2.24, 2.45) is 0 Å². The number of carbonyl (C=O) groups excluding carboxylic acids is 1. The molecule has 1 fully saturated rings. The summed E-state index contributed by atoms with van der Waals surface area (Å²) >= 11 is 1.51. The largest absolute Gasteiger partial charge is 0.372 e. The Hall–Kier alpha value is -2.61. The molecule has 0 aliphatic carbocycles. The van der Waals surface area contributed by atoms with Crippen molar-refractivity contribution in [1.29, 1.82) is 0 Å². The molecule has 1 amide bonds. The van der Waals surface area contributed by atoms with Gasteiger partial charge in [0.1, 0.15) is 16.5 Å². The molecule has 3 aromatic rings. The second-order valence-corrected chi connectivity index (χ2v) is 11.8. The Balaban J connectivity index is 1.49. The first-order valence-electron chi connectivity index (χ1n) is 12.5. The highest BCUT2D eigenvalue weighted by molar-refractivity contribution is 7.09. The van der Waals surface area contributed by atoms with Gasteiger partial charge in [-0.05, 0) is 48.1 Å². The first-order chi connectivity index (χ1) is 17.1. The van der Waals surface area contributed by atoms with Crippen LogP contribution in [-0.4, -0.2) is 46.0 Å². The van der Waals surface area contributed by atoms with Gasteiger partial charge < -0.3 is 9.64 Å². The number of rotatable bonds is 7. The van der Waals surface area contributed by atoms with Crippen LogP contribution in [0, 0.1) is 5.82 Å². The van der Waals surface area contributed by atoms with Crippen molar-refractivity contribution in [1.82, 2.24) is 14.8 Å². The molecule has 2 atom stereocenters. The van der Waals surface area contributed by atoms with E-state index in [-0.39, 0.29) is 29.3 Å². The molecule has 2 unspecified atom stereocenters. The maximum Gasteiger partial charge on any atom is 0.273 e. The van der Waals surface area contributed by atoms with Crippen LogP contribution in [-0.2, 0) is 29.8 Å². The third-order valence-corrected chi connectivity index (χ3v) is 7.22. The lowest BCUT2D eigenvalue weighted by Crippen LogP contribution is -2.48. The minimum Gasteiger partial charge on any atom is -0.372 e. The van der Waals surface area contributed by atoms with Crippen LogP contribution in [0.25, 0.3) is 0 Å². The molecule has 36 heavy (non-hydrogen) atoms. The highest BCUT2D eigenvalue weighted by atomic mass is 32.1. The molecule has 2 aromatic carbocycles. The summed E-state index contributed by atoms with van der Waals surface area (Å²) < 4.78 is 19.2. The van der Waals surface area contributed by atoms with Crippen LogP contribution in [0.15, 0.2) is 53.9 Å². The number of halogens is 1. The fraction of sp³-hybridized carbons (Fsp3) is 0.448. The number of thiazole rings is 1. The first kappa shape index (κ1) is 26.5. The molecule has 192 valence electrons. The smallest absolute Gasteiger partial charge is 0.273 e. The Bertz CT molecular complexity index is 1140. The topological polar surface area (TPSA) is 45.7 Å². The molecule has 5 nitrogen and oxygen atoms in total. The monoisotopic (exact) mass is 509 g/mol. The highest BCUT2D eigenvalue weighted by Crippen LogP contribution is 2.24. The molecule has 0 bridgehead atoms. The molecule has 4 rings (SSSR count). The van der Waals surface area contributed by atoms with Crippen LogP contribution in [0.3, 0.4) is 0 Å². The van der Waals surface area contributed by atoms with Gasteiger partial charge in [-0.3, -0.25) is 9.69 Å². The Morgan fingerprint density at radius 3 is 2.11 bits per heavy atom. The molecule has 1 aliphatic heterocycles. The molecule has 0 radical (unpaired) electrons. The SMILES string of the molecule is CC1CN(C(=O)c2csc(CN(Cc3ccc(F)cc3)Cc3ccc(C(C)(C)C)cc3)n2)CC(C)O1. The third-order valence-electron chi connectivity index (χ3n) is 6.38. The van der Waals surface area contributed by atoms with E-state index >= 15 is 0 Å². The fourth-order valence-electron chi connectivity index (χ4n) is 4.56. The fourth-order valence-corrected chi connectivity index (χ4v) is 5.37. The number of nitrogens with zero attached hydrogens (tertiary/aromatic N) is 3. The summed E-state index contributed by atoms with van der Waals surface area (Å²) in [6, 6.07) is 15.4. The average molecular weight is 510 g/mol. The molecule has 1 aromatic heterocycles. The molecular formula is C29H36FN3O2S. The number of aromatic nitrogens is 1. The van der Waals surface area contributed by atoms with Gasteiger partial charge in [-0.25, -0.2) is 9.37 Å². The second kappa shape index (κ2) is 11.2. The summed E-state index contributed by atoms with van der Waals surface area (Å²) in [4.78, 5) is 21.9. The van der Waals surface area contributed by atoms with Gasteiger partial charge in [0.05, 0.1) is 18.8 Å². The maximum absolute atomic E-state index is 13.5. The van der Waals surface area contributed by atoms with Gasteiger partial charge in [-0.1, -0.05) is 57.2 Å². The van der Waals surface area contributed by atoms with E-state index in [1.165, 1.54) is 34.6 Å². The Morgan fingerprint density at radius 1 is 1.00 bits per heavy atom. The summed E-state index contributed by atoms with van der Waals surface area (Å²) in [6.07, 6.45) is 0.0401. The lowest BCUT2D eigenvalue weighted by molar-refractivity contribution is -0.0587. The van der Waals surface area contributed by atoms with Crippen LogP contribution < -0.4 is 0 Å². The van der Waals surface area contributed by atoms with E-state index in [1.54, 1.807) is 0 Å². The molecule has 0 N–H and O–H groups in total. The minimum atomic E-state index is -0.238. The molecule has 0 spiro atoms. The van der Waals surface area contributed by atoms with Crippen LogP contribution in [0.2, 0.25) is 0 Å². The number of ether oxygens (including phenoxy) is 1. The molecule has 1 saturated heterocycles. The highest BCUT2D eigenvalue weighted by Gasteiger charge is 2.28. The van der Waals surface area contributed by atoms with E-state index < -0.39 is 0 Å². The van der Waals surface area contributed by atoms with Crippen LogP contribution in [0.4, 0.5) is 4.39 Å². The normalized spacial score (nSPS) is 18.6. The van der Waals surface area contributed by atoms with E-state index in [0.29, 0.717) is 31.9 Å². The van der Waals surface area contributed by atoms with Gasteiger partial charge in [0.2, 0.25) is 0 Å². The standard InChI is InChI=1S/C29H36FN3O2S/c1-20-14-33(15-21(2)35-20)28(34)26-19-36-27(31-26)18-32(17-23-8-12-25(30)13-9-23)16-22-6-10-24(11-7-22)29(3,4)5/h6-13,19-21H,14-18H2,1-5H3. The summed E-state index contributed by atoms with van der Waals surface area (Å²) in [6.45, 7) is 13.8. The van der Waals surface area contributed by atoms with Gasteiger partial charge in [0, 0.05) is 31.6 Å². The predicted octanol–water partition coefficient (Wildman–Crippen LogP) is 6.03. The lowest BCUT2D eigenvalue weighted by atomic mass is 9.87. The molecule has 0 saturated carbocycles. The zero-order valence-corrected chi connectivity index (χ0v) is 22.6. The number of amides is 1. The van der Waals surface area contributed by atoms with Crippen molar-refractivity contribution in [2.45, 2.75) is 71.9 Å². The molecule has 2 heterocycles. The number of morpholine rings is 1. The van der Waals surface area contributed by atoms with Crippen molar-refractivity contribution in [3.05, 3.63) is 87.1 Å². The van der Waals surface area contributed by atoms with Gasteiger partial charge in [-0.15, -0.1) is 11.3 Å². The van der Waals surface area contributed by atoms with Gasteiger partial charge in [0.15, 0.2) is 0 Å². The molecule has 7 heteroatoms. The summed E-state index contributed by atoms with van der Waals surface area (Å²) in [5.41, 5.74) is 4.13. The zero-order valence-electron chi connectivity index (χ0n) is 21.8. The first-order valence-corrected chi connectivity index (χ1v) is 13.4. The molecular weight excluding hydrogens is 473 g/mol. The Morgan fingerprint density at radius 2 is 1.56 bits per heavy atom. The number of carbonyl (C=O) groups is 1. The second-order valence-electron chi connectivity index (χ2n) is 10.8. The van der Waals surface area contributed by atoms with Crippen molar-refractivity contribution in [3.8, 4) is 0 Å². The maximum atomic E-state index is 13.5. The number of hydrogen-bond acceptors (Lipinski definition) is 5. The van der Waals surface area contributed by atoms with E-state index in [9.17, 15) is 9.18 Å². The van der Waals surface area contributed by atoms with Gasteiger partial charge in [0.25, 0.3) is 5.91 Å². The summed E-state index contributed by atoms with van der Waals surface area (Å²) in [7, 11) is 0. The lowest BCUT2D eigenvalue weighted by Gasteiger charge is -2.34. The van der Waals surface area contributed by atoms with E-state index in [4.69, 9.17) is 9.72 Å². The van der Waals surface area contributed by atoms with Gasteiger partial charge >= 0.3 is 0 Å². The van der Waals surface area contributed by atoms with E-state index in [0.717, 1.165) is 17.1 Å². The van der Waals surface area contributed by atoms with Gasteiger partial charge in [-0.2, -0.15) is 0 Å². The zero-order chi connectivity index (χ0) is 25.9. The van der Waals surface area contributed by atoms with Crippen molar-refractivity contribution in [2.75, 3.05) is 13.1 Å². The van der Waals surface area contributed by atoms with Crippen LogP contribution in [0.5, 0.6) is 0 Å².